The van der Waals surface area contributed by atoms with E-state index in [1.807, 2.05) is 0 Å². The third-order valence-electron chi connectivity index (χ3n) is 7.45. The number of cyclic esters (lactones) is 1. The fourth-order valence-corrected chi connectivity index (χ4v) is 6.44. The Labute approximate surface area is 261 Å². The highest BCUT2D eigenvalue weighted by Crippen LogP contribution is 2.40. The number of nitrogens with one attached hydrogen (secondary N) is 2. The van der Waals surface area contributed by atoms with Gasteiger partial charge in [-0.2, -0.15) is 12.7 Å². The molecule has 2 aromatic heterocycles. The summed E-state index contributed by atoms with van der Waals surface area (Å²) in [5, 5.41) is 12.8. The minimum atomic E-state index is -4.48. The number of alkyl halides is 1. The summed E-state index contributed by atoms with van der Waals surface area (Å²) in [6, 6.07) is 10.1. The molecule has 3 N–H and O–H groups in total. The van der Waals surface area contributed by atoms with Crippen LogP contribution in [0.3, 0.4) is 0 Å². The number of pyridine rings is 1. The van der Waals surface area contributed by atoms with Crippen molar-refractivity contribution in [2.75, 3.05) is 36.3 Å². The smallest absolute Gasteiger partial charge is 0.425 e. The van der Waals surface area contributed by atoms with E-state index >= 15 is 4.39 Å². The number of amides is 2. The maximum Gasteiger partial charge on any atom is 0.425 e. The number of ether oxygens (including phenoxy) is 2. The van der Waals surface area contributed by atoms with Gasteiger partial charge in [0.2, 0.25) is 11.8 Å². The van der Waals surface area contributed by atoms with Crippen molar-refractivity contribution in [1.29, 1.82) is 0 Å². The van der Waals surface area contributed by atoms with Gasteiger partial charge in [0.25, 0.3) is 0 Å². The molecule has 2 unspecified atom stereocenters. The van der Waals surface area contributed by atoms with Gasteiger partial charge in [0, 0.05) is 42.2 Å². The van der Waals surface area contributed by atoms with Gasteiger partial charge in [0.1, 0.15) is 24.3 Å². The van der Waals surface area contributed by atoms with Gasteiger partial charge in [0.15, 0.2) is 0 Å². The predicted octanol–water partition coefficient (Wildman–Crippen LogP) is 4.54. The normalized spacial score (nSPS) is 18.4. The summed E-state index contributed by atoms with van der Waals surface area (Å²) >= 11 is 0. The average Bonchev–Trinajstić information content (AvgIpc) is 3.47. The third-order valence-corrected chi connectivity index (χ3v) is 8.82. The molecule has 0 radical (unpaired) electrons. The molecule has 4 aromatic rings. The van der Waals surface area contributed by atoms with Crippen molar-refractivity contribution < 1.29 is 41.4 Å². The van der Waals surface area contributed by atoms with Crippen LogP contribution in [0.5, 0.6) is 11.6 Å². The highest BCUT2D eigenvalue weighted by Gasteiger charge is 2.35. The van der Waals surface area contributed by atoms with Gasteiger partial charge < -0.3 is 24.8 Å². The van der Waals surface area contributed by atoms with Crippen molar-refractivity contribution in [3.63, 3.8) is 0 Å². The van der Waals surface area contributed by atoms with E-state index in [-0.39, 0.29) is 61.3 Å². The number of likely N-dealkylation sites (tertiary alicyclic amines) is 1. The van der Waals surface area contributed by atoms with Crippen LogP contribution in [0.2, 0.25) is 0 Å². The molecule has 2 atom stereocenters. The van der Waals surface area contributed by atoms with Crippen LogP contribution >= 0.6 is 0 Å². The largest absolute Gasteiger partial charge is 0.465 e. The fourth-order valence-electron chi connectivity index (χ4n) is 5.30. The molecule has 2 aliphatic rings. The lowest BCUT2D eigenvalue weighted by molar-refractivity contribution is 0.102. The van der Waals surface area contributed by atoms with Gasteiger partial charge in [-0.3, -0.25) is 4.72 Å². The number of anilines is 2. The Morgan fingerprint density at radius 2 is 1.91 bits per heavy atom. The summed E-state index contributed by atoms with van der Waals surface area (Å²) in [7, 11) is -4.48. The number of halogens is 2. The molecule has 0 saturated carbocycles. The van der Waals surface area contributed by atoms with Crippen molar-refractivity contribution in [2.45, 2.75) is 25.6 Å². The molecule has 6 rings (SSSR count). The van der Waals surface area contributed by atoms with Crippen LogP contribution in [0.15, 0.2) is 54.9 Å². The molecule has 14 nitrogen and oxygen atoms in total. The number of aryl methyl sites for hydroxylation is 1. The second kappa shape index (κ2) is 12.2. The van der Waals surface area contributed by atoms with Gasteiger partial charge in [-0.05, 0) is 42.8 Å². The number of hydrogen-bond acceptors (Lipinski definition) is 10. The molecular weight excluding hydrogens is 628 g/mol. The standard InChI is InChI=1S/C29H27F2N7O7S/c1-16-4-5-19-20(6-7-22(31)24(19)36-46(42,43)38-11-12-44-29(38)41)25(16)45-26-21(3-2-9-32-26)23-8-10-33-27(35-23)34-18-13-17(30)14-37(15-18)28(39)40/h2-10,17-18,36H,11-15H2,1H3,(H,39,40)(H,33,34,35). The van der Waals surface area contributed by atoms with E-state index < -0.39 is 40.4 Å². The van der Waals surface area contributed by atoms with Gasteiger partial charge in [-0.25, -0.2) is 33.3 Å². The topological polar surface area (TPSA) is 176 Å². The van der Waals surface area contributed by atoms with Gasteiger partial charge in [-0.15, -0.1) is 0 Å². The zero-order chi connectivity index (χ0) is 32.6. The summed E-state index contributed by atoms with van der Waals surface area (Å²) in [6.07, 6.45) is -0.557. The first-order chi connectivity index (χ1) is 22.0. The molecule has 46 heavy (non-hydrogen) atoms. The molecule has 2 aromatic carbocycles. The molecule has 2 aliphatic heterocycles. The predicted molar refractivity (Wildman–Crippen MR) is 161 cm³/mol. The molecule has 2 fully saturated rings. The number of fused-ring (bicyclic) bond motifs is 1. The third kappa shape index (κ3) is 6.13. The van der Waals surface area contributed by atoms with Crippen LogP contribution in [0.25, 0.3) is 22.0 Å². The second-order valence-electron chi connectivity index (χ2n) is 10.6. The molecule has 4 heterocycles. The molecule has 0 aliphatic carbocycles. The van der Waals surface area contributed by atoms with E-state index in [0.29, 0.717) is 26.5 Å². The second-order valence-corrected chi connectivity index (χ2v) is 12.2. The lowest BCUT2D eigenvalue weighted by Crippen LogP contribution is -2.49. The molecule has 2 amide bonds. The van der Waals surface area contributed by atoms with Crippen LogP contribution in [-0.4, -0.2) is 88.3 Å². The first-order valence-electron chi connectivity index (χ1n) is 14.0. The fraction of sp³-hybridized carbons (Fsp3) is 0.276. The van der Waals surface area contributed by atoms with Crippen molar-refractivity contribution >= 4 is 44.8 Å². The number of carboxylic acid groups (broad SMARTS) is 1. The van der Waals surface area contributed by atoms with E-state index in [0.717, 1.165) is 11.0 Å². The number of piperidine rings is 1. The van der Waals surface area contributed by atoms with Gasteiger partial charge in [0.05, 0.1) is 30.0 Å². The van der Waals surface area contributed by atoms with Crippen LogP contribution in [0.1, 0.15) is 12.0 Å². The summed E-state index contributed by atoms with van der Waals surface area (Å²) in [6.45, 7) is 1.28. The van der Waals surface area contributed by atoms with Crippen molar-refractivity contribution in [1.82, 2.24) is 24.2 Å². The molecule has 0 spiro atoms. The maximum atomic E-state index is 15.1. The minimum absolute atomic E-state index is 0.0613. The number of hydrogen-bond donors (Lipinski definition) is 3. The Morgan fingerprint density at radius 1 is 1.11 bits per heavy atom. The quantitative estimate of drug-likeness (QED) is 0.243. The highest BCUT2D eigenvalue weighted by atomic mass is 32.2. The molecule has 0 bridgehead atoms. The number of benzene rings is 2. The Hall–Kier alpha value is -5.32. The zero-order valence-electron chi connectivity index (χ0n) is 24.2. The number of carbonyl (C=O) groups excluding carboxylic acids is 1. The number of carbonyl (C=O) groups is 2. The first kappa shape index (κ1) is 30.7. The maximum absolute atomic E-state index is 15.1. The minimum Gasteiger partial charge on any atom is -0.465 e. The number of aromatic nitrogens is 3. The molecular formula is C29H27F2N7O7S. The van der Waals surface area contributed by atoms with E-state index in [2.05, 4.69) is 25.0 Å². The average molecular weight is 656 g/mol. The van der Waals surface area contributed by atoms with Crippen LogP contribution in [0.4, 0.5) is 30.0 Å². The van der Waals surface area contributed by atoms with Crippen LogP contribution in [-0.2, 0) is 14.9 Å². The summed E-state index contributed by atoms with van der Waals surface area (Å²) in [5.74, 6) is -0.350. The summed E-state index contributed by atoms with van der Waals surface area (Å²) in [4.78, 5) is 37.4. The van der Waals surface area contributed by atoms with Crippen molar-refractivity contribution in [3.8, 4) is 22.9 Å². The van der Waals surface area contributed by atoms with Crippen molar-refractivity contribution in [2.24, 2.45) is 0 Å². The Balaban J connectivity index is 1.31. The molecule has 17 heteroatoms. The van der Waals surface area contributed by atoms with Gasteiger partial charge >= 0.3 is 22.4 Å². The van der Waals surface area contributed by atoms with Crippen molar-refractivity contribution in [3.05, 3.63) is 66.2 Å². The summed E-state index contributed by atoms with van der Waals surface area (Å²) in [5.41, 5.74) is 1.07. The van der Waals surface area contributed by atoms with E-state index in [9.17, 15) is 27.5 Å². The number of nitrogens with zero attached hydrogens (tertiary/aromatic N) is 5. The Morgan fingerprint density at radius 3 is 2.67 bits per heavy atom. The van der Waals surface area contributed by atoms with Crippen LogP contribution < -0.4 is 14.8 Å². The zero-order valence-corrected chi connectivity index (χ0v) is 25.0. The SMILES string of the molecule is Cc1ccc2c(NS(=O)(=O)N3CCOC3=O)c(F)ccc2c1Oc1ncccc1-c1ccnc(NC2CC(F)CN(C(=O)O)C2)n1. The van der Waals surface area contributed by atoms with Gasteiger partial charge in [-0.1, -0.05) is 12.1 Å². The lowest BCUT2D eigenvalue weighted by Gasteiger charge is -2.33. The molecule has 2 saturated heterocycles. The molecule has 240 valence electrons. The Bertz CT molecular complexity index is 1950. The first-order valence-corrected chi connectivity index (χ1v) is 15.5. The summed E-state index contributed by atoms with van der Waals surface area (Å²) < 4.78 is 68.8. The highest BCUT2D eigenvalue weighted by molar-refractivity contribution is 7.91. The monoisotopic (exact) mass is 655 g/mol. The van der Waals surface area contributed by atoms with Crippen LogP contribution in [0, 0.1) is 12.7 Å². The Kier molecular flexibility index (Phi) is 8.16. The van der Waals surface area contributed by atoms with E-state index in [4.69, 9.17) is 9.47 Å². The lowest BCUT2D eigenvalue weighted by atomic mass is 10.0. The van der Waals surface area contributed by atoms with E-state index in [1.165, 1.54) is 24.5 Å². The number of rotatable bonds is 8. The van der Waals surface area contributed by atoms with E-state index in [1.54, 1.807) is 31.2 Å².